The number of carbonyl (C=O) groups excluding carboxylic acids is 1. The molecule has 3 fully saturated rings. The smallest absolute Gasteiger partial charge is 0.234 e. The van der Waals surface area contributed by atoms with Crippen molar-refractivity contribution < 1.29 is 4.79 Å². The summed E-state index contributed by atoms with van der Waals surface area (Å²) in [6.45, 7) is 6.69. The van der Waals surface area contributed by atoms with Crippen molar-refractivity contribution in [2.24, 2.45) is 17.8 Å². The fourth-order valence-electron chi connectivity index (χ4n) is 5.32. The molecule has 2 bridgehead atoms. The highest BCUT2D eigenvalue weighted by Gasteiger charge is 2.42. The Bertz CT molecular complexity index is 582. The quantitative estimate of drug-likeness (QED) is 0.894. The number of amides is 1. The molecular formula is C21H31N3O. The van der Waals surface area contributed by atoms with E-state index in [0.29, 0.717) is 12.6 Å². The lowest BCUT2D eigenvalue weighted by Gasteiger charge is -2.36. The standard InChI is InChI=1S/C21H31N3O/c1-16(20-14-17-7-8-18(20)13-17)22-21(25)15-23-9-11-24(12-10-23)19-5-3-2-4-6-19/h2-6,16-18,20H,7-15H2,1H3,(H,22,25)/t16-,17+,18+,20+/m0/s1. The summed E-state index contributed by atoms with van der Waals surface area (Å²) in [5, 5.41) is 3.30. The van der Waals surface area contributed by atoms with E-state index in [-0.39, 0.29) is 5.91 Å². The van der Waals surface area contributed by atoms with Crippen LogP contribution in [0.25, 0.3) is 0 Å². The first-order valence-electron chi connectivity index (χ1n) is 10.0. The number of fused-ring (bicyclic) bond motifs is 2. The monoisotopic (exact) mass is 341 g/mol. The molecule has 4 atom stereocenters. The maximum Gasteiger partial charge on any atom is 0.234 e. The van der Waals surface area contributed by atoms with E-state index in [0.717, 1.165) is 43.9 Å². The van der Waals surface area contributed by atoms with E-state index in [1.165, 1.54) is 31.4 Å². The Morgan fingerprint density at radius 2 is 1.88 bits per heavy atom. The Hall–Kier alpha value is -1.55. The molecule has 136 valence electrons. The van der Waals surface area contributed by atoms with Crippen LogP contribution in [0.2, 0.25) is 0 Å². The van der Waals surface area contributed by atoms with Gasteiger partial charge in [0.2, 0.25) is 5.91 Å². The topological polar surface area (TPSA) is 35.6 Å². The lowest BCUT2D eigenvalue weighted by Crippen LogP contribution is -2.51. The third kappa shape index (κ3) is 3.84. The third-order valence-electron chi connectivity index (χ3n) is 6.68. The molecule has 0 radical (unpaired) electrons. The lowest BCUT2D eigenvalue weighted by molar-refractivity contribution is -0.123. The predicted octanol–water partition coefficient (Wildman–Crippen LogP) is 2.75. The van der Waals surface area contributed by atoms with Crippen LogP contribution in [0.1, 0.15) is 32.6 Å². The lowest BCUT2D eigenvalue weighted by atomic mass is 9.84. The summed E-state index contributed by atoms with van der Waals surface area (Å²) in [5.41, 5.74) is 1.29. The van der Waals surface area contributed by atoms with Crippen molar-refractivity contribution in [1.82, 2.24) is 10.2 Å². The van der Waals surface area contributed by atoms with Crippen molar-refractivity contribution in [2.45, 2.75) is 38.6 Å². The van der Waals surface area contributed by atoms with E-state index in [2.05, 4.69) is 52.4 Å². The zero-order valence-corrected chi connectivity index (χ0v) is 15.4. The minimum Gasteiger partial charge on any atom is -0.369 e. The second-order valence-corrected chi connectivity index (χ2v) is 8.29. The van der Waals surface area contributed by atoms with Crippen molar-refractivity contribution in [3.63, 3.8) is 0 Å². The normalized spacial score (nSPS) is 30.4. The first-order valence-corrected chi connectivity index (χ1v) is 10.0. The summed E-state index contributed by atoms with van der Waals surface area (Å²) in [7, 11) is 0. The van der Waals surface area contributed by atoms with Gasteiger partial charge in [0.1, 0.15) is 0 Å². The minimum atomic E-state index is 0.212. The number of para-hydroxylation sites is 1. The van der Waals surface area contributed by atoms with Crippen LogP contribution in [0, 0.1) is 17.8 Å². The summed E-state index contributed by atoms with van der Waals surface area (Å²) in [6, 6.07) is 10.9. The Balaban J connectivity index is 1.21. The van der Waals surface area contributed by atoms with Gasteiger partial charge in [-0.3, -0.25) is 9.69 Å². The number of nitrogens with zero attached hydrogens (tertiary/aromatic N) is 2. The van der Waals surface area contributed by atoms with E-state index in [1.54, 1.807) is 0 Å². The first-order chi connectivity index (χ1) is 12.2. The molecular weight excluding hydrogens is 310 g/mol. The van der Waals surface area contributed by atoms with Crippen LogP contribution in [0.15, 0.2) is 30.3 Å². The molecule has 0 aromatic heterocycles. The van der Waals surface area contributed by atoms with Gasteiger partial charge < -0.3 is 10.2 Å². The van der Waals surface area contributed by atoms with Crippen molar-refractivity contribution in [2.75, 3.05) is 37.6 Å². The fourth-order valence-corrected chi connectivity index (χ4v) is 5.32. The van der Waals surface area contributed by atoms with Crippen LogP contribution in [0.4, 0.5) is 5.69 Å². The SMILES string of the molecule is C[C@H](NC(=O)CN1CCN(c2ccccc2)CC1)[C@H]1C[C@@H]2CC[C@@H]1C2. The first kappa shape index (κ1) is 16.9. The van der Waals surface area contributed by atoms with Gasteiger partial charge in [0.15, 0.2) is 0 Å². The molecule has 3 aliphatic rings. The summed E-state index contributed by atoms with van der Waals surface area (Å²) < 4.78 is 0. The highest BCUT2D eigenvalue weighted by atomic mass is 16.2. The molecule has 2 saturated carbocycles. The molecule has 25 heavy (non-hydrogen) atoms. The second-order valence-electron chi connectivity index (χ2n) is 8.29. The van der Waals surface area contributed by atoms with Gasteiger partial charge in [0, 0.05) is 37.9 Å². The molecule has 1 aromatic carbocycles. The summed E-state index contributed by atoms with van der Waals surface area (Å²) >= 11 is 0. The van der Waals surface area contributed by atoms with E-state index in [9.17, 15) is 4.79 Å². The van der Waals surface area contributed by atoms with Crippen molar-refractivity contribution in [3.05, 3.63) is 30.3 Å². The third-order valence-corrected chi connectivity index (χ3v) is 6.68. The maximum absolute atomic E-state index is 12.5. The summed E-state index contributed by atoms with van der Waals surface area (Å²) in [6.07, 6.45) is 5.55. The molecule has 0 spiro atoms. The Morgan fingerprint density at radius 1 is 1.12 bits per heavy atom. The van der Waals surface area contributed by atoms with Crippen LogP contribution in [0.3, 0.4) is 0 Å². The summed E-state index contributed by atoms with van der Waals surface area (Å²) in [5.74, 6) is 2.75. The van der Waals surface area contributed by atoms with Crippen LogP contribution >= 0.6 is 0 Å². The second kappa shape index (κ2) is 7.36. The highest BCUT2D eigenvalue weighted by molar-refractivity contribution is 5.78. The molecule has 1 aliphatic heterocycles. The zero-order valence-electron chi connectivity index (χ0n) is 15.4. The molecule has 1 heterocycles. The van der Waals surface area contributed by atoms with Gasteiger partial charge in [-0.1, -0.05) is 24.6 Å². The predicted molar refractivity (Wildman–Crippen MR) is 102 cm³/mol. The van der Waals surface area contributed by atoms with Gasteiger partial charge in [0.25, 0.3) is 0 Å². The number of carbonyl (C=O) groups is 1. The molecule has 1 saturated heterocycles. The van der Waals surface area contributed by atoms with Crippen LogP contribution < -0.4 is 10.2 Å². The molecule has 1 N–H and O–H groups in total. The number of piperazine rings is 1. The van der Waals surface area contributed by atoms with E-state index >= 15 is 0 Å². The molecule has 1 aromatic rings. The maximum atomic E-state index is 12.5. The number of hydrogen-bond donors (Lipinski definition) is 1. The Kier molecular flexibility index (Phi) is 4.98. The van der Waals surface area contributed by atoms with Crippen LogP contribution in [0.5, 0.6) is 0 Å². The van der Waals surface area contributed by atoms with Gasteiger partial charge in [-0.2, -0.15) is 0 Å². The van der Waals surface area contributed by atoms with E-state index < -0.39 is 0 Å². The molecule has 4 heteroatoms. The Morgan fingerprint density at radius 3 is 2.52 bits per heavy atom. The van der Waals surface area contributed by atoms with Crippen LogP contribution in [-0.2, 0) is 4.79 Å². The van der Waals surface area contributed by atoms with Crippen LogP contribution in [-0.4, -0.2) is 49.6 Å². The molecule has 1 amide bonds. The van der Waals surface area contributed by atoms with Gasteiger partial charge >= 0.3 is 0 Å². The number of hydrogen-bond acceptors (Lipinski definition) is 3. The number of rotatable bonds is 5. The number of anilines is 1. The average molecular weight is 341 g/mol. The largest absolute Gasteiger partial charge is 0.369 e. The molecule has 4 rings (SSSR count). The molecule has 4 nitrogen and oxygen atoms in total. The Labute approximate surface area is 151 Å². The van der Waals surface area contributed by atoms with Crippen molar-refractivity contribution in [3.8, 4) is 0 Å². The van der Waals surface area contributed by atoms with Gasteiger partial charge in [0.05, 0.1) is 6.54 Å². The highest BCUT2D eigenvalue weighted by Crippen LogP contribution is 2.49. The molecule has 2 aliphatic carbocycles. The fraction of sp³-hybridized carbons (Fsp3) is 0.667. The average Bonchev–Trinajstić information content (AvgIpc) is 3.26. The van der Waals surface area contributed by atoms with E-state index in [1.807, 2.05) is 0 Å². The van der Waals surface area contributed by atoms with Gasteiger partial charge in [-0.25, -0.2) is 0 Å². The van der Waals surface area contributed by atoms with Gasteiger partial charge in [-0.05, 0) is 56.1 Å². The zero-order chi connectivity index (χ0) is 17.2. The van der Waals surface area contributed by atoms with Gasteiger partial charge in [-0.15, -0.1) is 0 Å². The minimum absolute atomic E-state index is 0.212. The van der Waals surface area contributed by atoms with E-state index in [4.69, 9.17) is 0 Å². The number of benzene rings is 1. The molecule has 0 unspecified atom stereocenters. The van der Waals surface area contributed by atoms with Crippen molar-refractivity contribution >= 4 is 11.6 Å². The van der Waals surface area contributed by atoms with Crippen molar-refractivity contribution in [1.29, 1.82) is 0 Å². The summed E-state index contributed by atoms with van der Waals surface area (Å²) in [4.78, 5) is 17.2. The number of nitrogens with one attached hydrogen (secondary N) is 1.